The molecule has 0 heterocycles. The van der Waals surface area contributed by atoms with Crippen molar-refractivity contribution in [1.29, 1.82) is 0 Å². The summed E-state index contributed by atoms with van der Waals surface area (Å²) in [7, 11) is 0. The van der Waals surface area contributed by atoms with E-state index >= 15 is 0 Å². The number of carbonyl (C=O) groups is 1. The molecule has 2 aromatic carbocycles. The first-order chi connectivity index (χ1) is 10.9. The van der Waals surface area contributed by atoms with Crippen LogP contribution in [0.5, 0.6) is 0 Å². The van der Waals surface area contributed by atoms with E-state index in [9.17, 15) is 4.79 Å². The lowest BCUT2D eigenvalue weighted by Gasteiger charge is -2.14. The van der Waals surface area contributed by atoms with Crippen LogP contribution in [0, 0.1) is 13.8 Å². The predicted molar refractivity (Wildman–Crippen MR) is 96.2 cm³/mol. The molecule has 0 spiro atoms. The van der Waals surface area contributed by atoms with Crippen LogP contribution < -0.4 is 10.6 Å². The standard InChI is InChI=1S/C18H20Cl2N2O/c1-11-5-4-6-12(2)18(11)22-17(23)10-21-13(3)15-8-7-14(19)9-16(15)20/h4-9,13,21H,10H2,1-3H3,(H,22,23)/p+1/t13-/m0/s1. The molecule has 0 aliphatic heterocycles. The Labute approximate surface area is 147 Å². The van der Waals surface area contributed by atoms with Crippen molar-refractivity contribution in [3.05, 3.63) is 63.1 Å². The van der Waals surface area contributed by atoms with Crippen LogP contribution in [0.2, 0.25) is 10.0 Å². The predicted octanol–water partition coefficient (Wildman–Crippen LogP) is 3.87. The molecule has 0 bridgehead atoms. The number of quaternary nitrogens is 1. The number of aryl methyl sites for hydroxylation is 2. The number of nitrogens with one attached hydrogen (secondary N) is 1. The van der Waals surface area contributed by atoms with E-state index in [2.05, 4.69) is 5.32 Å². The van der Waals surface area contributed by atoms with Gasteiger partial charge in [-0.2, -0.15) is 0 Å². The van der Waals surface area contributed by atoms with Crippen molar-refractivity contribution in [2.45, 2.75) is 26.8 Å². The van der Waals surface area contributed by atoms with E-state index in [4.69, 9.17) is 23.2 Å². The molecule has 122 valence electrons. The number of hydrogen-bond donors (Lipinski definition) is 2. The normalized spacial score (nSPS) is 12.0. The Morgan fingerprint density at radius 2 is 1.83 bits per heavy atom. The minimum Gasteiger partial charge on any atom is -0.332 e. The van der Waals surface area contributed by atoms with Gasteiger partial charge in [-0.3, -0.25) is 4.79 Å². The molecule has 3 nitrogen and oxygen atoms in total. The molecule has 2 aromatic rings. The Hall–Kier alpha value is -1.55. The Balaban J connectivity index is 1.96. The Morgan fingerprint density at radius 1 is 1.17 bits per heavy atom. The summed E-state index contributed by atoms with van der Waals surface area (Å²) in [6, 6.07) is 11.5. The van der Waals surface area contributed by atoms with Gasteiger partial charge in [-0.1, -0.05) is 47.5 Å². The molecule has 5 heteroatoms. The van der Waals surface area contributed by atoms with Crippen LogP contribution in [0.25, 0.3) is 0 Å². The second-order valence-electron chi connectivity index (χ2n) is 5.71. The average Bonchev–Trinajstić information content (AvgIpc) is 2.49. The van der Waals surface area contributed by atoms with Gasteiger partial charge in [-0.25, -0.2) is 0 Å². The van der Waals surface area contributed by atoms with Gasteiger partial charge in [0.2, 0.25) is 0 Å². The number of para-hydroxylation sites is 1. The van der Waals surface area contributed by atoms with Gasteiger partial charge in [0.1, 0.15) is 6.04 Å². The topological polar surface area (TPSA) is 45.7 Å². The third-order valence-corrected chi connectivity index (χ3v) is 4.42. The zero-order valence-electron chi connectivity index (χ0n) is 13.5. The third kappa shape index (κ3) is 4.71. The van der Waals surface area contributed by atoms with Crippen LogP contribution in [-0.4, -0.2) is 12.5 Å². The summed E-state index contributed by atoms with van der Waals surface area (Å²) < 4.78 is 0. The van der Waals surface area contributed by atoms with E-state index < -0.39 is 0 Å². The number of benzene rings is 2. The number of halogens is 2. The van der Waals surface area contributed by atoms with Crippen LogP contribution in [0.1, 0.15) is 29.7 Å². The quantitative estimate of drug-likeness (QED) is 0.843. The van der Waals surface area contributed by atoms with Crippen LogP contribution in [0.3, 0.4) is 0 Å². The summed E-state index contributed by atoms with van der Waals surface area (Å²) in [5, 5.41) is 6.17. The van der Waals surface area contributed by atoms with Crippen LogP contribution >= 0.6 is 23.2 Å². The van der Waals surface area contributed by atoms with E-state index in [1.54, 1.807) is 6.07 Å². The summed E-state index contributed by atoms with van der Waals surface area (Å²) >= 11 is 12.1. The largest absolute Gasteiger partial charge is 0.332 e. The van der Waals surface area contributed by atoms with Crippen molar-refractivity contribution >= 4 is 34.8 Å². The maximum atomic E-state index is 12.2. The highest BCUT2D eigenvalue weighted by atomic mass is 35.5. The summed E-state index contributed by atoms with van der Waals surface area (Å²) in [5.74, 6) is -0.0284. The second-order valence-corrected chi connectivity index (χ2v) is 6.55. The number of nitrogens with two attached hydrogens (primary N) is 1. The van der Waals surface area contributed by atoms with Crippen LogP contribution in [0.15, 0.2) is 36.4 Å². The van der Waals surface area contributed by atoms with Crippen LogP contribution in [-0.2, 0) is 4.79 Å². The van der Waals surface area contributed by atoms with Gasteiger partial charge in [-0.05, 0) is 44.0 Å². The number of hydrogen-bond acceptors (Lipinski definition) is 1. The summed E-state index contributed by atoms with van der Waals surface area (Å²) in [4.78, 5) is 12.2. The fraction of sp³-hybridized carbons (Fsp3) is 0.278. The average molecular weight is 352 g/mol. The molecule has 0 aromatic heterocycles. The van der Waals surface area contributed by atoms with E-state index in [1.165, 1.54) is 0 Å². The number of anilines is 1. The number of amides is 1. The molecule has 0 unspecified atom stereocenters. The summed E-state index contributed by atoms with van der Waals surface area (Å²) in [6.45, 7) is 6.32. The van der Waals surface area contributed by atoms with Gasteiger partial charge in [0, 0.05) is 16.3 Å². The molecule has 2 rings (SSSR count). The molecule has 0 aliphatic carbocycles. The minimum atomic E-state index is -0.0284. The van der Waals surface area contributed by atoms with Gasteiger partial charge in [0.25, 0.3) is 5.91 Å². The molecule has 0 radical (unpaired) electrons. The number of carbonyl (C=O) groups excluding carboxylic acids is 1. The van der Waals surface area contributed by atoms with Crippen molar-refractivity contribution in [2.24, 2.45) is 0 Å². The molecule has 0 fully saturated rings. The lowest BCUT2D eigenvalue weighted by atomic mass is 10.1. The van der Waals surface area contributed by atoms with Gasteiger partial charge >= 0.3 is 0 Å². The number of rotatable bonds is 5. The van der Waals surface area contributed by atoms with Gasteiger partial charge < -0.3 is 10.6 Å². The summed E-state index contributed by atoms with van der Waals surface area (Å²) in [5.41, 5.74) is 3.98. The fourth-order valence-corrected chi connectivity index (χ4v) is 3.06. The SMILES string of the molecule is Cc1cccc(C)c1NC(=O)C[NH2+][C@@H](C)c1ccc(Cl)cc1Cl. The maximum absolute atomic E-state index is 12.2. The maximum Gasteiger partial charge on any atom is 0.279 e. The molecule has 1 amide bonds. The first-order valence-electron chi connectivity index (χ1n) is 7.53. The van der Waals surface area contributed by atoms with Gasteiger partial charge in [0.15, 0.2) is 6.54 Å². The van der Waals surface area contributed by atoms with E-state index in [0.29, 0.717) is 16.6 Å². The van der Waals surface area contributed by atoms with Crippen LogP contribution in [0.4, 0.5) is 5.69 Å². The first kappa shape index (κ1) is 17.8. The minimum absolute atomic E-state index is 0.0284. The smallest absolute Gasteiger partial charge is 0.279 e. The lowest BCUT2D eigenvalue weighted by molar-refractivity contribution is -0.682. The molecular formula is C18H21Cl2N2O+. The third-order valence-electron chi connectivity index (χ3n) is 3.86. The van der Waals surface area contributed by atoms with Gasteiger partial charge in [-0.15, -0.1) is 0 Å². The van der Waals surface area contributed by atoms with Crippen molar-refractivity contribution in [2.75, 3.05) is 11.9 Å². The van der Waals surface area contributed by atoms with E-state index in [1.807, 2.05) is 56.4 Å². The second kappa shape index (κ2) is 7.82. The lowest BCUT2D eigenvalue weighted by Crippen LogP contribution is -2.86. The van der Waals surface area contributed by atoms with Crippen molar-refractivity contribution in [3.8, 4) is 0 Å². The molecule has 0 saturated heterocycles. The highest BCUT2D eigenvalue weighted by Crippen LogP contribution is 2.24. The zero-order chi connectivity index (χ0) is 17.0. The highest BCUT2D eigenvalue weighted by molar-refractivity contribution is 6.35. The Bertz CT molecular complexity index is 696. The molecule has 3 N–H and O–H groups in total. The summed E-state index contributed by atoms with van der Waals surface area (Å²) in [6.07, 6.45) is 0. The van der Waals surface area contributed by atoms with E-state index in [-0.39, 0.29) is 11.9 Å². The van der Waals surface area contributed by atoms with E-state index in [0.717, 1.165) is 22.4 Å². The molecule has 1 atom stereocenters. The molecule has 0 aliphatic rings. The highest BCUT2D eigenvalue weighted by Gasteiger charge is 2.15. The van der Waals surface area contributed by atoms with Gasteiger partial charge in [0.05, 0.1) is 5.02 Å². The Morgan fingerprint density at radius 3 is 2.43 bits per heavy atom. The molecule has 23 heavy (non-hydrogen) atoms. The zero-order valence-corrected chi connectivity index (χ0v) is 15.0. The van der Waals surface area contributed by atoms with Crippen molar-refractivity contribution in [1.82, 2.24) is 0 Å². The fourth-order valence-electron chi connectivity index (χ4n) is 2.48. The Kier molecular flexibility index (Phi) is 6.05. The first-order valence-corrected chi connectivity index (χ1v) is 8.28. The van der Waals surface area contributed by atoms with Crippen molar-refractivity contribution < 1.29 is 10.1 Å². The monoisotopic (exact) mass is 351 g/mol. The molecule has 0 saturated carbocycles. The molecular weight excluding hydrogens is 331 g/mol. The van der Waals surface area contributed by atoms with Crippen molar-refractivity contribution in [3.63, 3.8) is 0 Å².